The van der Waals surface area contributed by atoms with Crippen molar-refractivity contribution in [2.45, 2.75) is 58.4 Å². The van der Waals surface area contributed by atoms with Gasteiger partial charge in [-0.1, -0.05) is 62.7 Å². The second-order valence-corrected chi connectivity index (χ2v) is 11.3. The largest absolute Gasteiger partial charge is 0.507 e. The molecule has 4 aromatic rings. The quantitative estimate of drug-likeness (QED) is 0.244. The maximum Gasteiger partial charge on any atom is 0.342 e. The van der Waals surface area contributed by atoms with E-state index in [0.717, 1.165) is 35.2 Å². The lowest BCUT2D eigenvalue weighted by Crippen LogP contribution is -2.30. The molecule has 0 aliphatic heterocycles. The minimum absolute atomic E-state index is 0.00107. The zero-order valence-electron chi connectivity index (χ0n) is 22.8. The van der Waals surface area contributed by atoms with Gasteiger partial charge in [-0.25, -0.2) is 4.79 Å². The van der Waals surface area contributed by atoms with E-state index in [4.69, 9.17) is 0 Å². The van der Waals surface area contributed by atoms with E-state index in [1.165, 1.54) is 10.7 Å². The number of aromatic hydroxyl groups is 1. The third kappa shape index (κ3) is 6.03. The first kappa shape index (κ1) is 26.2. The van der Waals surface area contributed by atoms with Gasteiger partial charge in [0.2, 0.25) is 0 Å². The number of rotatable bonds is 6. The van der Waals surface area contributed by atoms with Gasteiger partial charge in [-0.3, -0.25) is 4.79 Å². The summed E-state index contributed by atoms with van der Waals surface area (Å²) in [5.41, 5.74) is 6.11. The molecule has 0 radical (unpaired) electrons. The second kappa shape index (κ2) is 10.4. The number of phenolic OH excluding ortho intramolecular Hbond substituents is 1. The molecule has 3 N–H and O–H groups in total. The molecule has 5 rings (SSSR count). The van der Waals surface area contributed by atoms with E-state index in [1.807, 2.05) is 61.5 Å². The third-order valence-corrected chi connectivity index (χ3v) is 6.99. The van der Waals surface area contributed by atoms with Crippen LogP contribution in [-0.2, 0) is 12.0 Å². The molecule has 3 aromatic carbocycles. The van der Waals surface area contributed by atoms with Crippen LogP contribution in [0.4, 0.5) is 10.5 Å². The molecule has 1 fully saturated rings. The van der Waals surface area contributed by atoms with E-state index in [-0.39, 0.29) is 29.0 Å². The monoisotopic (exact) mass is 522 g/mol. The molecule has 2 amide bonds. The summed E-state index contributed by atoms with van der Waals surface area (Å²) >= 11 is 0. The van der Waals surface area contributed by atoms with Crippen molar-refractivity contribution < 1.29 is 14.7 Å². The Morgan fingerprint density at radius 2 is 1.74 bits per heavy atom. The molecule has 1 aliphatic rings. The molecule has 7 nitrogen and oxygen atoms in total. The molecular formula is C32H34N4O3. The number of amides is 2. The number of hydrogen-bond acceptors (Lipinski definition) is 4. The van der Waals surface area contributed by atoms with E-state index in [2.05, 4.69) is 36.5 Å². The molecule has 0 atom stereocenters. The summed E-state index contributed by atoms with van der Waals surface area (Å²) in [7, 11) is 0. The van der Waals surface area contributed by atoms with Crippen LogP contribution in [0.1, 0.15) is 72.3 Å². The van der Waals surface area contributed by atoms with Gasteiger partial charge < -0.3 is 15.7 Å². The number of nitrogens with zero attached hydrogens (tertiary/aromatic N) is 2. The summed E-state index contributed by atoms with van der Waals surface area (Å²) in [6, 6.07) is 22.0. The fraction of sp³-hybridized carbons (Fsp3) is 0.281. The van der Waals surface area contributed by atoms with Gasteiger partial charge in [-0.2, -0.15) is 9.78 Å². The zero-order valence-corrected chi connectivity index (χ0v) is 22.8. The zero-order chi connectivity index (χ0) is 27.7. The number of hydrogen-bond donors (Lipinski definition) is 3. The molecule has 0 saturated heterocycles. The van der Waals surface area contributed by atoms with Crippen LogP contribution in [0.15, 0.2) is 72.8 Å². The highest BCUT2D eigenvalue weighted by atomic mass is 16.3. The van der Waals surface area contributed by atoms with Crippen LogP contribution in [0.25, 0.3) is 11.3 Å². The van der Waals surface area contributed by atoms with Crippen LogP contribution in [0.3, 0.4) is 0 Å². The van der Waals surface area contributed by atoms with Gasteiger partial charge in [0.1, 0.15) is 5.75 Å². The molecule has 1 aromatic heterocycles. The van der Waals surface area contributed by atoms with Gasteiger partial charge in [-0.15, -0.1) is 0 Å². The Balaban J connectivity index is 1.36. The third-order valence-electron chi connectivity index (χ3n) is 6.99. The molecule has 200 valence electrons. The van der Waals surface area contributed by atoms with Crippen LogP contribution < -0.4 is 10.6 Å². The summed E-state index contributed by atoms with van der Waals surface area (Å²) < 4.78 is 1.41. The minimum atomic E-state index is -0.313. The standard InChI is InChI=1S/C32H34N4O3/c1-20-6-5-7-21(16-20)19-33-31(39)36-28(22-8-9-22)18-27(35-36)26-17-25(14-15-29(26)37)34-30(38)23-10-12-24(13-11-23)32(2,3)4/h5-7,10-18,22,37H,8-9,19H2,1-4H3,(H,33,39)(H,34,38). The van der Waals surface area contributed by atoms with Gasteiger partial charge >= 0.3 is 6.03 Å². The number of phenols is 1. The predicted octanol–water partition coefficient (Wildman–Crippen LogP) is 6.75. The molecule has 0 unspecified atom stereocenters. The Hall–Kier alpha value is -4.39. The molecule has 0 bridgehead atoms. The number of anilines is 1. The summed E-state index contributed by atoms with van der Waals surface area (Å²) in [5.74, 6) is 0.0404. The summed E-state index contributed by atoms with van der Waals surface area (Å²) in [6.45, 7) is 8.79. The summed E-state index contributed by atoms with van der Waals surface area (Å²) in [5, 5.41) is 21.1. The number of nitrogens with one attached hydrogen (secondary N) is 2. The van der Waals surface area contributed by atoms with Crippen molar-refractivity contribution in [2.75, 3.05) is 5.32 Å². The number of carbonyl (C=O) groups excluding carboxylic acids is 2. The van der Waals surface area contributed by atoms with Crippen LogP contribution in [0.5, 0.6) is 5.75 Å². The molecule has 39 heavy (non-hydrogen) atoms. The highest BCUT2D eigenvalue weighted by Crippen LogP contribution is 2.42. The lowest BCUT2D eigenvalue weighted by atomic mass is 9.87. The maximum atomic E-state index is 13.1. The lowest BCUT2D eigenvalue weighted by molar-refractivity contribution is 0.102. The molecule has 1 heterocycles. The van der Waals surface area contributed by atoms with E-state index in [1.54, 1.807) is 12.1 Å². The van der Waals surface area contributed by atoms with Gasteiger partial charge in [0.15, 0.2) is 0 Å². The molecular weight excluding hydrogens is 488 g/mol. The van der Waals surface area contributed by atoms with Crippen molar-refractivity contribution in [3.8, 4) is 17.0 Å². The van der Waals surface area contributed by atoms with Crippen LogP contribution >= 0.6 is 0 Å². The highest BCUT2D eigenvalue weighted by molar-refractivity contribution is 6.04. The lowest BCUT2D eigenvalue weighted by Gasteiger charge is -2.19. The maximum absolute atomic E-state index is 13.1. The molecule has 1 aliphatic carbocycles. The van der Waals surface area contributed by atoms with Crippen molar-refractivity contribution in [1.82, 2.24) is 15.1 Å². The van der Waals surface area contributed by atoms with E-state index in [9.17, 15) is 14.7 Å². The first-order valence-electron chi connectivity index (χ1n) is 13.3. The Morgan fingerprint density at radius 3 is 2.41 bits per heavy atom. The first-order valence-corrected chi connectivity index (χ1v) is 13.3. The van der Waals surface area contributed by atoms with Crippen LogP contribution in [0.2, 0.25) is 0 Å². The van der Waals surface area contributed by atoms with Crippen molar-refractivity contribution in [3.63, 3.8) is 0 Å². The molecule has 7 heteroatoms. The van der Waals surface area contributed by atoms with Crippen molar-refractivity contribution >= 4 is 17.6 Å². The number of carbonyl (C=O) groups is 2. The fourth-order valence-corrected chi connectivity index (χ4v) is 4.58. The number of aryl methyl sites for hydroxylation is 1. The Morgan fingerprint density at radius 1 is 1.00 bits per heavy atom. The van der Waals surface area contributed by atoms with Crippen molar-refractivity contribution in [3.05, 3.63) is 101 Å². The van der Waals surface area contributed by atoms with Crippen LogP contribution in [0, 0.1) is 6.92 Å². The average Bonchev–Trinajstić information content (AvgIpc) is 3.66. The normalized spacial score (nSPS) is 13.2. The van der Waals surface area contributed by atoms with Gasteiger partial charge in [0, 0.05) is 29.3 Å². The van der Waals surface area contributed by atoms with Gasteiger partial charge in [0.05, 0.1) is 11.4 Å². The minimum Gasteiger partial charge on any atom is -0.507 e. The number of benzene rings is 3. The first-order chi connectivity index (χ1) is 18.6. The Bertz CT molecular complexity index is 1530. The van der Waals surface area contributed by atoms with Gasteiger partial charge in [-0.05, 0) is 72.7 Å². The molecule has 1 saturated carbocycles. The topological polar surface area (TPSA) is 96.3 Å². The van der Waals surface area contributed by atoms with E-state index >= 15 is 0 Å². The van der Waals surface area contributed by atoms with Crippen molar-refractivity contribution in [2.24, 2.45) is 0 Å². The predicted molar refractivity (Wildman–Crippen MR) is 153 cm³/mol. The summed E-state index contributed by atoms with van der Waals surface area (Å²) in [4.78, 5) is 26.0. The summed E-state index contributed by atoms with van der Waals surface area (Å²) in [6.07, 6.45) is 1.98. The van der Waals surface area contributed by atoms with Crippen LogP contribution in [-0.4, -0.2) is 26.8 Å². The highest BCUT2D eigenvalue weighted by Gasteiger charge is 2.31. The smallest absolute Gasteiger partial charge is 0.342 e. The second-order valence-electron chi connectivity index (χ2n) is 11.3. The Labute approximate surface area is 228 Å². The Kier molecular flexibility index (Phi) is 7.00. The fourth-order valence-electron chi connectivity index (χ4n) is 4.58. The van der Waals surface area contributed by atoms with E-state index < -0.39 is 0 Å². The SMILES string of the molecule is Cc1cccc(CNC(=O)n2nc(-c3cc(NC(=O)c4ccc(C(C)(C)C)cc4)ccc3O)cc2C2CC2)c1. The molecule has 0 spiro atoms. The average molecular weight is 523 g/mol. The van der Waals surface area contributed by atoms with Crippen molar-refractivity contribution in [1.29, 1.82) is 0 Å². The number of aromatic nitrogens is 2. The van der Waals surface area contributed by atoms with E-state index in [0.29, 0.717) is 29.1 Å². The van der Waals surface area contributed by atoms with Gasteiger partial charge in [0.25, 0.3) is 5.91 Å².